The fourth-order valence-electron chi connectivity index (χ4n) is 3.84. The molecule has 5 rings (SSSR count). The van der Waals surface area contributed by atoms with Crippen molar-refractivity contribution in [3.63, 3.8) is 0 Å². The second-order valence-corrected chi connectivity index (χ2v) is 6.84. The standard InChI is InChI=1S/C18H24N2O3/c1-2-14-11-22-16-4-3-13(9-17(16)23-14)18(21)19-15-10-20-7-5-12(15)6-8-20/h3-4,9,12,14-15H,2,5-8,10-11H2,1H3,(H,19,21)/t14-,15+/m1/s1. The molecule has 0 saturated carbocycles. The number of rotatable bonds is 3. The predicted molar refractivity (Wildman–Crippen MR) is 87.1 cm³/mol. The minimum Gasteiger partial charge on any atom is -0.486 e. The quantitative estimate of drug-likeness (QED) is 0.927. The summed E-state index contributed by atoms with van der Waals surface area (Å²) in [5.41, 5.74) is 0.653. The largest absolute Gasteiger partial charge is 0.486 e. The summed E-state index contributed by atoms with van der Waals surface area (Å²) < 4.78 is 11.6. The molecule has 1 aromatic rings. The predicted octanol–water partition coefficient (Wildman–Crippen LogP) is 2.06. The van der Waals surface area contributed by atoms with Gasteiger partial charge in [-0.05, 0) is 56.5 Å². The minimum absolute atomic E-state index is 0.00577. The van der Waals surface area contributed by atoms with Gasteiger partial charge in [-0.25, -0.2) is 0 Å². The van der Waals surface area contributed by atoms with Crippen molar-refractivity contribution in [2.24, 2.45) is 5.92 Å². The molecule has 4 aliphatic heterocycles. The average Bonchev–Trinajstić information content (AvgIpc) is 2.61. The van der Waals surface area contributed by atoms with E-state index >= 15 is 0 Å². The Morgan fingerprint density at radius 1 is 1.30 bits per heavy atom. The Morgan fingerprint density at radius 3 is 2.83 bits per heavy atom. The zero-order chi connectivity index (χ0) is 15.8. The number of piperidine rings is 3. The van der Waals surface area contributed by atoms with E-state index in [0.717, 1.165) is 18.7 Å². The van der Waals surface area contributed by atoms with Gasteiger partial charge >= 0.3 is 0 Å². The highest BCUT2D eigenvalue weighted by Gasteiger charge is 2.35. The summed E-state index contributed by atoms with van der Waals surface area (Å²) in [4.78, 5) is 15.0. The van der Waals surface area contributed by atoms with Gasteiger partial charge in [0.2, 0.25) is 0 Å². The van der Waals surface area contributed by atoms with Crippen molar-refractivity contribution in [3.8, 4) is 11.5 Å². The highest BCUT2D eigenvalue weighted by Crippen LogP contribution is 2.33. The number of hydrogen-bond donors (Lipinski definition) is 1. The number of carbonyl (C=O) groups is 1. The van der Waals surface area contributed by atoms with Crippen LogP contribution in [0.5, 0.6) is 11.5 Å². The van der Waals surface area contributed by atoms with Gasteiger partial charge in [0.05, 0.1) is 0 Å². The maximum atomic E-state index is 12.6. The van der Waals surface area contributed by atoms with Gasteiger partial charge in [0.25, 0.3) is 5.91 Å². The number of nitrogens with one attached hydrogen (secondary N) is 1. The summed E-state index contributed by atoms with van der Waals surface area (Å²) in [5, 5.41) is 3.22. The average molecular weight is 316 g/mol. The number of fused-ring (bicyclic) bond motifs is 4. The third-order valence-corrected chi connectivity index (χ3v) is 5.35. The lowest BCUT2D eigenvalue weighted by atomic mass is 9.84. The monoisotopic (exact) mass is 316 g/mol. The van der Waals surface area contributed by atoms with Crippen molar-refractivity contribution in [2.45, 2.75) is 38.3 Å². The number of benzene rings is 1. The van der Waals surface area contributed by atoms with Crippen LogP contribution in [0.15, 0.2) is 18.2 Å². The Labute approximate surface area is 136 Å². The normalized spacial score (nSPS) is 31.7. The molecule has 23 heavy (non-hydrogen) atoms. The summed E-state index contributed by atoms with van der Waals surface area (Å²) in [5.74, 6) is 2.04. The van der Waals surface area contributed by atoms with Gasteiger partial charge in [0, 0.05) is 18.2 Å². The van der Waals surface area contributed by atoms with Crippen LogP contribution in [0.1, 0.15) is 36.5 Å². The highest BCUT2D eigenvalue weighted by molar-refractivity contribution is 5.95. The SMILES string of the molecule is CC[C@@H]1COc2ccc(C(=O)N[C@H]3CN4CCC3CC4)cc2O1. The molecule has 0 aromatic heterocycles. The first-order valence-electron chi connectivity index (χ1n) is 8.69. The van der Waals surface area contributed by atoms with Crippen LogP contribution in [0.3, 0.4) is 0 Å². The molecule has 3 saturated heterocycles. The molecule has 1 N–H and O–H groups in total. The smallest absolute Gasteiger partial charge is 0.251 e. The van der Waals surface area contributed by atoms with E-state index in [0.29, 0.717) is 23.8 Å². The van der Waals surface area contributed by atoms with Crippen molar-refractivity contribution in [3.05, 3.63) is 23.8 Å². The van der Waals surface area contributed by atoms with Crippen molar-refractivity contribution in [1.82, 2.24) is 10.2 Å². The van der Waals surface area contributed by atoms with E-state index < -0.39 is 0 Å². The van der Waals surface area contributed by atoms with Crippen molar-refractivity contribution < 1.29 is 14.3 Å². The first kappa shape index (κ1) is 14.8. The molecular formula is C18H24N2O3. The summed E-state index contributed by atoms with van der Waals surface area (Å²) in [7, 11) is 0. The Kier molecular flexibility index (Phi) is 3.89. The van der Waals surface area contributed by atoms with E-state index in [2.05, 4.69) is 17.1 Å². The van der Waals surface area contributed by atoms with Crippen LogP contribution < -0.4 is 14.8 Å². The molecule has 1 aromatic carbocycles. The third-order valence-electron chi connectivity index (χ3n) is 5.35. The van der Waals surface area contributed by atoms with E-state index in [1.807, 2.05) is 18.2 Å². The summed E-state index contributed by atoms with van der Waals surface area (Å²) >= 11 is 0. The summed E-state index contributed by atoms with van der Waals surface area (Å²) in [6.07, 6.45) is 3.37. The van der Waals surface area contributed by atoms with Crippen LogP contribution >= 0.6 is 0 Å². The molecule has 4 heterocycles. The minimum atomic E-state index is -0.00577. The molecular weight excluding hydrogens is 292 g/mol. The van der Waals surface area contributed by atoms with Gasteiger partial charge in [0.15, 0.2) is 11.5 Å². The van der Waals surface area contributed by atoms with Crippen LogP contribution in [0.4, 0.5) is 0 Å². The molecule has 2 atom stereocenters. The number of hydrogen-bond acceptors (Lipinski definition) is 4. The molecule has 124 valence electrons. The lowest BCUT2D eigenvalue weighted by molar-refractivity contribution is 0.0618. The van der Waals surface area contributed by atoms with Crippen LogP contribution in [0, 0.1) is 5.92 Å². The van der Waals surface area contributed by atoms with E-state index in [1.165, 1.54) is 25.9 Å². The van der Waals surface area contributed by atoms with Gasteiger partial charge < -0.3 is 19.7 Å². The van der Waals surface area contributed by atoms with E-state index in [-0.39, 0.29) is 18.1 Å². The van der Waals surface area contributed by atoms with Gasteiger partial charge in [-0.3, -0.25) is 4.79 Å². The molecule has 4 aliphatic rings. The molecule has 5 nitrogen and oxygen atoms in total. The second kappa shape index (κ2) is 6.04. The first-order chi connectivity index (χ1) is 11.2. The molecule has 1 amide bonds. The van der Waals surface area contributed by atoms with Crippen molar-refractivity contribution in [2.75, 3.05) is 26.2 Å². The fourth-order valence-corrected chi connectivity index (χ4v) is 3.84. The first-order valence-corrected chi connectivity index (χ1v) is 8.69. The van der Waals surface area contributed by atoms with Crippen LogP contribution in [-0.4, -0.2) is 49.2 Å². The highest BCUT2D eigenvalue weighted by atomic mass is 16.6. The lowest BCUT2D eigenvalue weighted by Gasteiger charge is -2.44. The summed E-state index contributed by atoms with van der Waals surface area (Å²) in [6, 6.07) is 5.76. The topological polar surface area (TPSA) is 50.8 Å². The lowest BCUT2D eigenvalue weighted by Crippen LogP contribution is -2.57. The van der Waals surface area contributed by atoms with Gasteiger partial charge in [-0.2, -0.15) is 0 Å². The van der Waals surface area contributed by atoms with Crippen LogP contribution in [0.25, 0.3) is 0 Å². The number of amides is 1. The molecule has 3 fully saturated rings. The molecule has 0 spiro atoms. The third kappa shape index (κ3) is 2.90. The van der Waals surface area contributed by atoms with Crippen LogP contribution in [-0.2, 0) is 0 Å². The molecule has 0 aliphatic carbocycles. The maximum Gasteiger partial charge on any atom is 0.251 e. The Bertz CT molecular complexity index is 596. The van der Waals surface area contributed by atoms with E-state index in [1.54, 1.807) is 0 Å². The van der Waals surface area contributed by atoms with E-state index in [4.69, 9.17) is 9.47 Å². The van der Waals surface area contributed by atoms with Gasteiger partial charge in [-0.15, -0.1) is 0 Å². The van der Waals surface area contributed by atoms with E-state index in [9.17, 15) is 4.79 Å². The molecule has 5 heteroatoms. The molecule has 0 unspecified atom stereocenters. The van der Waals surface area contributed by atoms with Crippen molar-refractivity contribution >= 4 is 5.91 Å². The fraction of sp³-hybridized carbons (Fsp3) is 0.611. The second-order valence-electron chi connectivity index (χ2n) is 6.84. The number of ether oxygens (including phenoxy) is 2. The Hall–Kier alpha value is -1.75. The maximum absolute atomic E-state index is 12.6. The van der Waals surface area contributed by atoms with Gasteiger partial charge in [-0.1, -0.05) is 6.92 Å². The number of nitrogens with zero attached hydrogens (tertiary/aromatic N) is 1. The van der Waals surface area contributed by atoms with Gasteiger partial charge in [0.1, 0.15) is 12.7 Å². The van der Waals surface area contributed by atoms with Crippen LogP contribution in [0.2, 0.25) is 0 Å². The molecule has 2 bridgehead atoms. The zero-order valence-corrected chi connectivity index (χ0v) is 13.6. The van der Waals surface area contributed by atoms with Crippen molar-refractivity contribution in [1.29, 1.82) is 0 Å². The zero-order valence-electron chi connectivity index (χ0n) is 13.6. The Balaban J connectivity index is 1.46. The molecule has 0 radical (unpaired) electrons. The Morgan fingerprint density at radius 2 is 2.13 bits per heavy atom. The summed E-state index contributed by atoms with van der Waals surface area (Å²) in [6.45, 7) is 6.00. The number of carbonyl (C=O) groups excluding carboxylic acids is 1.